The van der Waals surface area contributed by atoms with E-state index in [9.17, 15) is 18.0 Å². The minimum Gasteiger partial charge on any atom is -0.477 e. The van der Waals surface area contributed by atoms with Gasteiger partial charge in [0.2, 0.25) is 0 Å². The first kappa shape index (κ1) is 11.8. The zero-order chi connectivity index (χ0) is 12.3. The van der Waals surface area contributed by atoms with Crippen molar-refractivity contribution in [1.29, 1.82) is 5.26 Å². The molecule has 0 fully saturated rings. The van der Waals surface area contributed by atoms with E-state index in [4.69, 9.17) is 10.4 Å². The van der Waals surface area contributed by atoms with Crippen LogP contribution in [0, 0.1) is 11.3 Å². The van der Waals surface area contributed by atoms with Gasteiger partial charge in [0.25, 0.3) is 0 Å². The second-order valence-corrected chi connectivity index (χ2v) is 2.62. The number of nitriles is 1. The summed E-state index contributed by atoms with van der Waals surface area (Å²) in [5.74, 6) is -2.28. The number of carbonyl (C=O) groups is 1. The van der Waals surface area contributed by atoms with Crippen molar-refractivity contribution in [3.63, 3.8) is 0 Å². The molecule has 2 N–H and O–H groups in total. The molecule has 0 bridgehead atoms. The molecule has 5 nitrogen and oxygen atoms in total. The summed E-state index contributed by atoms with van der Waals surface area (Å²) in [5.41, 5.74) is -2.06. The van der Waals surface area contributed by atoms with E-state index in [1.807, 2.05) is 0 Å². The number of nitrogens with one attached hydrogen (secondary N) is 1. The molecule has 1 heterocycles. The topological polar surface area (TPSA) is 85.5 Å². The Morgan fingerprint density at radius 3 is 2.62 bits per heavy atom. The quantitative estimate of drug-likeness (QED) is 0.519. The molecule has 0 aliphatic carbocycles. The maximum atomic E-state index is 12.2. The van der Waals surface area contributed by atoms with Crippen LogP contribution in [-0.4, -0.2) is 23.5 Å². The lowest BCUT2D eigenvalue weighted by atomic mass is 10.2. The highest BCUT2D eigenvalue weighted by Crippen LogP contribution is 2.25. The molecule has 1 aliphatic rings. The van der Waals surface area contributed by atoms with E-state index in [0.29, 0.717) is 6.08 Å². The van der Waals surface area contributed by atoms with E-state index in [1.54, 1.807) is 5.32 Å². The molecule has 0 atom stereocenters. The Morgan fingerprint density at radius 1 is 1.56 bits per heavy atom. The third kappa shape index (κ3) is 2.38. The molecule has 1 rings (SSSR count). The summed E-state index contributed by atoms with van der Waals surface area (Å²) in [5, 5.41) is 18.7. The highest BCUT2D eigenvalue weighted by atomic mass is 19.4. The predicted molar refractivity (Wildman–Crippen MR) is 46.0 cm³/mol. The molecule has 0 saturated heterocycles. The lowest BCUT2D eigenvalue weighted by Gasteiger charge is -2.16. The molecule has 0 amide bonds. The van der Waals surface area contributed by atoms with Crippen molar-refractivity contribution in [3.8, 4) is 6.07 Å². The molecular formula is C8H4F3N3O2. The minimum absolute atomic E-state index is 0.634. The van der Waals surface area contributed by atoms with Crippen molar-refractivity contribution in [3.05, 3.63) is 23.2 Å². The van der Waals surface area contributed by atoms with Crippen molar-refractivity contribution < 1.29 is 23.1 Å². The van der Waals surface area contributed by atoms with E-state index < -0.39 is 29.2 Å². The summed E-state index contributed by atoms with van der Waals surface area (Å²) in [7, 11) is 0. The summed E-state index contributed by atoms with van der Waals surface area (Å²) in [4.78, 5) is 13.8. The average Bonchev–Trinajstić information content (AvgIpc) is 2.17. The van der Waals surface area contributed by atoms with E-state index in [1.165, 1.54) is 6.07 Å². The highest BCUT2D eigenvalue weighted by molar-refractivity contribution is 5.92. The zero-order valence-electron chi connectivity index (χ0n) is 7.54. The molecule has 84 valence electrons. The van der Waals surface area contributed by atoms with Gasteiger partial charge < -0.3 is 10.4 Å². The van der Waals surface area contributed by atoms with Crippen LogP contribution in [0.1, 0.15) is 0 Å². The monoisotopic (exact) mass is 231 g/mol. The maximum absolute atomic E-state index is 12.2. The Bertz CT molecular complexity index is 454. The second-order valence-electron chi connectivity index (χ2n) is 2.62. The summed E-state index contributed by atoms with van der Waals surface area (Å²) >= 11 is 0. The largest absolute Gasteiger partial charge is 0.477 e. The smallest absolute Gasteiger partial charge is 0.431 e. The number of nitrogens with zero attached hydrogens (tertiary/aromatic N) is 2. The number of alkyl halides is 3. The maximum Gasteiger partial charge on any atom is 0.431 e. The van der Waals surface area contributed by atoms with Gasteiger partial charge in [0.1, 0.15) is 11.8 Å². The van der Waals surface area contributed by atoms with Gasteiger partial charge in [-0.2, -0.15) is 18.4 Å². The van der Waals surface area contributed by atoms with Gasteiger partial charge >= 0.3 is 12.1 Å². The molecule has 16 heavy (non-hydrogen) atoms. The first-order chi connectivity index (χ1) is 7.36. The summed E-state index contributed by atoms with van der Waals surface area (Å²) in [6.07, 6.45) is -3.24. The number of hydrogen-bond acceptors (Lipinski definition) is 4. The molecule has 0 radical (unpaired) electrons. The number of aliphatic imine (C=N–C) groups is 1. The summed E-state index contributed by atoms with van der Waals surface area (Å²) in [6, 6.07) is 1.25. The van der Waals surface area contributed by atoms with Crippen molar-refractivity contribution in [1.82, 2.24) is 5.32 Å². The number of aliphatic carboxylic acids is 1. The first-order valence-electron chi connectivity index (χ1n) is 3.82. The number of allylic oxidation sites excluding steroid dienone is 2. The number of carboxylic acids is 1. The molecular weight excluding hydrogens is 227 g/mol. The lowest BCUT2D eigenvalue weighted by Crippen LogP contribution is -2.29. The van der Waals surface area contributed by atoms with Gasteiger partial charge in [-0.15, -0.1) is 0 Å². The van der Waals surface area contributed by atoms with Crippen LogP contribution >= 0.6 is 0 Å². The van der Waals surface area contributed by atoms with Gasteiger partial charge in [-0.05, 0) is 6.08 Å². The minimum atomic E-state index is -4.66. The van der Waals surface area contributed by atoms with Crippen molar-refractivity contribution in [2.45, 2.75) is 6.18 Å². The van der Waals surface area contributed by atoms with Crippen molar-refractivity contribution in [2.24, 2.45) is 4.99 Å². The Balaban J connectivity index is 3.11. The van der Waals surface area contributed by atoms with Crippen LogP contribution in [0.2, 0.25) is 0 Å². The number of rotatable bonds is 1. The van der Waals surface area contributed by atoms with Crippen molar-refractivity contribution >= 4 is 12.2 Å². The van der Waals surface area contributed by atoms with Gasteiger partial charge in [-0.25, -0.2) is 9.79 Å². The zero-order valence-corrected chi connectivity index (χ0v) is 7.54. The van der Waals surface area contributed by atoms with Crippen LogP contribution in [0.3, 0.4) is 0 Å². The van der Waals surface area contributed by atoms with Gasteiger partial charge in [-0.1, -0.05) is 0 Å². The average molecular weight is 231 g/mol. The molecule has 0 unspecified atom stereocenters. The summed E-state index contributed by atoms with van der Waals surface area (Å²) < 4.78 is 36.7. The summed E-state index contributed by atoms with van der Waals surface area (Å²) in [6.45, 7) is 0. The first-order valence-corrected chi connectivity index (χ1v) is 3.82. The van der Waals surface area contributed by atoms with Gasteiger partial charge in [0, 0.05) is 6.21 Å². The fourth-order valence-corrected chi connectivity index (χ4v) is 0.882. The molecule has 0 aromatic heterocycles. The SMILES string of the molecule is N#C/C(C(=O)O)=C1\N=CC=C(C(F)(F)F)N1. The lowest BCUT2D eigenvalue weighted by molar-refractivity contribution is -0.132. The normalized spacial score (nSPS) is 18.2. The third-order valence-electron chi connectivity index (χ3n) is 1.57. The second kappa shape index (κ2) is 4.06. The predicted octanol–water partition coefficient (Wildman–Crippen LogP) is 0.926. The van der Waals surface area contributed by atoms with E-state index in [-0.39, 0.29) is 0 Å². The highest BCUT2D eigenvalue weighted by Gasteiger charge is 2.35. The molecule has 1 aliphatic heterocycles. The van der Waals surface area contributed by atoms with Crippen LogP contribution in [0.5, 0.6) is 0 Å². The van der Waals surface area contributed by atoms with Crippen LogP contribution in [0.15, 0.2) is 28.2 Å². The third-order valence-corrected chi connectivity index (χ3v) is 1.57. The van der Waals surface area contributed by atoms with E-state index in [0.717, 1.165) is 6.21 Å². The standard InChI is InChI=1S/C8H4F3N3O2/c9-8(10,11)5-1-2-13-6(14-5)4(3-12)7(15)16/h1-2,14H,(H,15,16)/b6-4-. The molecule has 8 heteroatoms. The van der Waals surface area contributed by atoms with Crippen molar-refractivity contribution in [2.75, 3.05) is 0 Å². The Labute approximate surface area is 87.2 Å². The molecule has 0 aromatic rings. The van der Waals surface area contributed by atoms with Crippen LogP contribution in [0.25, 0.3) is 0 Å². The molecule has 0 saturated carbocycles. The Hall–Kier alpha value is -2.30. The number of halogens is 3. The number of carboxylic acid groups (broad SMARTS) is 1. The fraction of sp³-hybridized carbons (Fsp3) is 0.125. The van der Waals surface area contributed by atoms with Crippen LogP contribution in [0.4, 0.5) is 13.2 Å². The van der Waals surface area contributed by atoms with Gasteiger partial charge in [0.05, 0.1) is 0 Å². The van der Waals surface area contributed by atoms with Gasteiger partial charge in [0.15, 0.2) is 11.4 Å². The molecule has 0 spiro atoms. The van der Waals surface area contributed by atoms with Gasteiger partial charge in [-0.3, -0.25) is 0 Å². The van der Waals surface area contributed by atoms with E-state index >= 15 is 0 Å². The number of hydrogen-bond donors (Lipinski definition) is 2. The molecule has 0 aromatic carbocycles. The Kier molecular flexibility index (Phi) is 2.99. The van der Waals surface area contributed by atoms with Crippen LogP contribution < -0.4 is 5.32 Å². The van der Waals surface area contributed by atoms with Crippen LogP contribution in [-0.2, 0) is 4.79 Å². The fourth-order valence-electron chi connectivity index (χ4n) is 0.882. The Morgan fingerprint density at radius 2 is 2.19 bits per heavy atom. The van der Waals surface area contributed by atoms with E-state index in [2.05, 4.69) is 4.99 Å².